The second kappa shape index (κ2) is 3.78. The molecule has 0 spiro atoms. The molecule has 0 bridgehead atoms. The number of ketones is 1. The molecule has 0 amide bonds. The van der Waals surface area contributed by atoms with Crippen molar-refractivity contribution in [2.75, 3.05) is 0 Å². The molecule has 2 aromatic carbocycles. The molecule has 4 heteroatoms. The van der Waals surface area contributed by atoms with Crippen LogP contribution in [0.3, 0.4) is 0 Å². The third-order valence-corrected chi connectivity index (χ3v) is 3.65. The van der Waals surface area contributed by atoms with Crippen LogP contribution in [0.15, 0.2) is 48.5 Å². The van der Waals surface area contributed by atoms with Crippen molar-refractivity contribution < 1.29 is 4.79 Å². The van der Waals surface area contributed by atoms with Crippen LogP contribution in [0.5, 0.6) is 0 Å². The third kappa shape index (κ3) is 1.24. The lowest BCUT2D eigenvalue weighted by atomic mass is 9.93. The number of nitrogens with zero attached hydrogens (tertiary/aromatic N) is 3. The standard InChI is InChI=1S/C16H9N3O/c17-9-11-15(20)10-5-1-3-7-13(10)19-14-8-4-2-6-12(14)18-16(11)19/h1-8,11H. The van der Waals surface area contributed by atoms with E-state index in [4.69, 9.17) is 0 Å². The molecule has 2 heterocycles. The van der Waals surface area contributed by atoms with E-state index in [0.29, 0.717) is 11.4 Å². The molecule has 94 valence electrons. The first-order valence-corrected chi connectivity index (χ1v) is 6.32. The van der Waals surface area contributed by atoms with Crippen LogP contribution in [-0.2, 0) is 0 Å². The highest BCUT2D eigenvalue weighted by Crippen LogP contribution is 2.34. The summed E-state index contributed by atoms with van der Waals surface area (Å²) in [6.45, 7) is 0. The Morgan fingerprint density at radius 1 is 1.10 bits per heavy atom. The molecule has 4 nitrogen and oxygen atoms in total. The number of fused-ring (bicyclic) bond motifs is 5. The zero-order valence-electron chi connectivity index (χ0n) is 10.4. The Morgan fingerprint density at radius 2 is 1.85 bits per heavy atom. The summed E-state index contributed by atoms with van der Waals surface area (Å²) in [5.74, 6) is -0.499. The van der Waals surface area contributed by atoms with E-state index in [0.717, 1.165) is 16.7 Å². The largest absolute Gasteiger partial charge is 0.294 e. The van der Waals surface area contributed by atoms with Gasteiger partial charge in [-0.3, -0.25) is 9.36 Å². The van der Waals surface area contributed by atoms with Gasteiger partial charge in [-0.25, -0.2) is 4.98 Å². The summed E-state index contributed by atoms with van der Waals surface area (Å²) in [6.07, 6.45) is 0. The number of imidazole rings is 1. The normalized spacial score (nSPS) is 16.6. The van der Waals surface area contributed by atoms with Gasteiger partial charge in [-0.05, 0) is 24.3 Å². The predicted molar refractivity (Wildman–Crippen MR) is 73.8 cm³/mol. The number of para-hydroxylation sites is 3. The van der Waals surface area contributed by atoms with Crippen molar-refractivity contribution in [3.05, 3.63) is 59.9 Å². The van der Waals surface area contributed by atoms with E-state index in [9.17, 15) is 10.1 Å². The van der Waals surface area contributed by atoms with Crippen LogP contribution in [0, 0.1) is 11.3 Å². The minimum absolute atomic E-state index is 0.175. The molecule has 0 fully saturated rings. The van der Waals surface area contributed by atoms with Gasteiger partial charge >= 0.3 is 0 Å². The number of carbonyl (C=O) groups is 1. The van der Waals surface area contributed by atoms with E-state index in [2.05, 4.69) is 11.1 Å². The maximum atomic E-state index is 12.4. The number of Topliss-reactive ketones (excluding diaryl/α,β-unsaturated/α-hetero) is 1. The summed E-state index contributed by atoms with van der Waals surface area (Å²) >= 11 is 0. The molecule has 0 saturated carbocycles. The molecule has 3 aromatic rings. The summed E-state index contributed by atoms with van der Waals surface area (Å²) in [6, 6.07) is 17.1. The van der Waals surface area contributed by atoms with Gasteiger partial charge in [-0.15, -0.1) is 0 Å². The third-order valence-electron chi connectivity index (χ3n) is 3.65. The van der Waals surface area contributed by atoms with Crippen LogP contribution >= 0.6 is 0 Å². The fourth-order valence-electron chi connectivity index (χ4n) is 2.76. The molecule has 0 N–H and O–H groups in total. The molecule has 1 atom stereocenters. The molecule has 1 aliphatic heterocycles. The van der Waals surface area contributed by atoms with Gasteiger partial charge in [0, 0.05) is 5.56 Å². The van der Waals surface area contributed by atoms with Crippen molar-refractivity contribution >= 4 is 16.8 Å². The number of hydrogen-bond donors (Lipinski definition) is 0. The molecule has 1 aromatic heterocycles. The Morgan fingerprint density at radius 3 is 2.70 bits per heavy atom. The lowest BCUT2D eigenvalue weighted by molar-refractivity contribution is 0.0971. The summed E-state index contributed by atoms with van der Waals surface area (Å²) in [5.41, 5.74) is 3.09. The van der Waals surface area contributed by atoms with Gasteiger partial charge in [0.15, 0.2) is 11.7 Å². The van der Waals surface area contributed by atoms with Crippen LogP contribution in [-0.4, -0.2) is 15.3 Å². The molecule has 20 heavy (non-hydrogen) atoms. The van der Waals surface area contributed by atoms with E-state index >= 15 is 0 Å². The van der Waals surface area contributed by atoms with Gasteiger partial charge in [-0.1, -0.05) is 24.3 Å². The summed E-state index contributed by atoms with van der Waals surface area (Å²) in [7, 11) is 0. The number of benzene rings is 2. The van der Waals surface area contributed by atoms with Crippen LogP contribution in [0.25, 0.3) is 16.7 Å². The Bertz CT molecular complexity index is 901. The molecule has 4 rings (SSSR count). The first kappa shape index (κ1) is 10.9. The lowest BCUT2D eigenvalue weighted by Gasteiger charge is -2.21. The van der Waals surface area contributed by atoms with Crippen LogP contribution < -0.4 is 0 Å². The van der Waals surface area contributed by atoms with Gasteiger partial charge in [0.25, 0.3) is 0 Å². The van der Waals surface area contributed by atoms with Crippen molar-refractivity contribution in [2.45, 2.75) is 5.92 Å². The molecule has 1 unspecified atom stereocenters. The fourth-order valence-corrected chi connectivity index (χ4v) is 2.76. The maximum absolute atomic E-state index is 12.4. The van der Waals surface area contributed by atoms with Gasteiger partial charge in [0.05, 0.1) is 22.8 Å². The van der Waals surface area contributed by atoms with E-state index in [1.807, 2.05) is 47.0 Å². The first-order valence-electron chi connectivity index (χ1n) is 6.32. The molecule has 1 aliphatic rings. The highest BCUT2D eigenvalue weighted by molar-refractivity contribution is 6.07. The minimum Gasteiger partial charge on any atom is -0.294 e. The quantitative estimate of drug-likeness (QED) is 0.623. The van der Waals surface area contributed by atoms with E-state index in [-0.39, 0.29) is 5.78 Å². The molecular formula is C16H9N3O. The zero-order valence-corrected chi connectivity index (χ0v) is 10.4. The van der Waals surface area contributed by atoms with Crippen molar-refractivity contribution in [3.8, 4) is 11.8 Å². The van der Waals surface area contributed by atoms with Gasteiger partial charge in [0.1, 0.15) is 5.82 Å². The SMILES string of the molecule is N#CC1C(=O)c2ccccc2-n2c1nc1ccccc12. The second-order valence-corrected chi connectivity index (χ2v) is 4.74. The lowest BCUT2D eigenvalue weighted by Crippen LogP contribution is -2.23. The van der Waals surface area contributed by atoms with Crippen LogP contribution in [0.2, 0.25) is 0 Å². The van der Waals surface area contributed by atoms with Crippen LogP contribution in [0.1, 0.15) is 22.1 Å². The molecule has 0 radical (unpaired) electrons. The number of rotatable bonds is 0. The molecular weight excluding hydrogens is 250 g/mol. The fraction of sp³-hybridized carbons (Fsp3) is 0.0625. The van der Waals surface area contributed by atoms with Gasteiger partial charge in [0.2, 0.25) is 0 Å². The highest BCUT2D eigenvalue weighted by atomic mass is 16.1. The van der Waals surface area contributed by atoms with Crippen molar-refractivity contribution in [2.24, 2.45) is 0 Å². The summed E-state index contributed by atoms with van der Waals surface area (Å²) in [4.78, 5) is 16.9. The van der Waals surface area contributed by atoms with E-state index in [1.165, 1.54) is 0 Å². The first-order chi connectivity index (χ1) is 9.81. The average Bonchev–Trinajstić information content (AvgIpc) is 2.87. The van der Waals surface area contributed by atoms with Crippen molar-refractivity contribution in [1.29, 1.82) is 5.26 Å². The number of nitriles is 1. The Balaban J connectivity index is 2.19. The molecule has 0 aliphatic carbocycles. The smallest absolute Gasteiger partial charge is 0.189 e. The Labute approximate surface area is 114 Å². The maximum Gasteiger partial charge on any atom is 0.189 e. The van der Waals surface area contributed by atoms with Crippen molar-refractivity contribution in [3.63, 3.8) is 0 Å². The summed E-state index contributed by atoms with van der Waals surface area (Å²) in [5, 5.41) is 9.33. The second-order valence-electron chi connectivity index (χ2n) is 4.74. The monoisotopic (exact) mass is 259 g/mol. The Kier molecular flexibility index (Phi) is 2.07. The minimum atomic E-state index is -0.836. The number of hydrogen-bond acceptors (Lipinski definition) is 3. The van der Waals surface area contributed by atoms with Gasteiger partial charge < -0.3 is 0 Å². The van der Waals surface area contributed by atoms with Crippen LogP contribution in [0.4, 0.5) is 0 Å². The number of aromatic nitrogens is 2. The topological polar surface area (TPSA) is 58.7 Å². The summed E-state index contributed by atoms with van der Waals surface area (Å²) < 4.78 is 1.92. The average molecular weight is 259 g/mol. The van der Waals surface area contributed by atoms with Gasteiger partial charge in [-0.2, -0.15) is 5.26 Å². The Hall–Kier alpha value is -2.93. The van der Waals surface area contributed by atoms with E-state index in [1.54, 1.807) is 6.07 Å². The predicted octanol–water partition coefficient (Wildman–Crippen LogP) is 2.83. The number of carbonyl (C=O) groups excluding carboxylic acids is 1. The highest BCUT2D eigenvalue weighted by Gasteiger charge is 2.34. The van der Waals surface area contributed by atoms with E-state index < -0.39 is 5.92 Å². The van der Waals surface area contributed by atoms with Crippen molar-refractivity contribution in [1.82, 2.24) is 9.55 Å². The molecule has 0 saturated heterocycles. The zero-order chi connectivity index (χ0) is 13.7.